The van der Waals surface area contributed by atoms with Crippen molar-refractivity contribution in [3.05, 3.63) is 45.4 Å². The molecule has 0 spiro atoms. The number of hydrogen-bond acceptors (Lipinski definition) is 2. The molecular formula is C13H11Cl3N2. The van der Waals surface area contributed by atoms with Crippen LogP contribution in [0.2, 0.25) is 15.1 Å². The first-order valence-electron chi connectivity index (χ1n) is 5.47. The van der Waals surface area contributed by atoms with E-state index in [9.17, 15) is 0 Å². The van der Waals surface area contributed by atoms with Gasteiger partial charge in [-0.15, -0.1) is 0 Å². The van der Waals surface area contributed by atoms with Crippen molar-refractivity contribution in [3.63, 3.8) is 0 Å². The van der Waals surface area contributed by atoms with E-state index >= 15 is 0 Å². The number of rotatable bonds is 3. The van der Waals surface area contributed by atoms with Gasteiger partial charge in [0.25, 0.3) is 0 Å². The molecule has 0 atom stereocenters. The molecule has 0 bridgehead atoms. The van der Waals surface area contributed by atoms with Gasteiger partial charge in [-0.05, 0) is 25.1 Å². The van der Waals surface area contributed by atoms with Gasteiger partial charge in [0.1, 0.15) is 5.82 Å². The number of halogens is 3. The van der Waals surface area contributed by atoms with Crippen LogP contribution in [0.4, 0.5) is 5.82 Å². The van der Waals surface area contributed by atoms with Gasteiger partial charge in [0.2, 0.25) is 0 Å². The Morgan fingerprint density at radius 2 is 1.72 bits per heavy atom. The molecule has 2 nitrogen and oxygen atoms in total. The van der Waals surface area contributed by atoms with Gasteiger partial charge >= 0.3 is 0 Å². The fraction of sp³-hybridized carbons (Fsp3) is 0.154. The average Bonchev–Trinajstić information content (AvgIpc) is 2.34. The van der Waals surface area contributed by atoms with E-state index in [1.165, 1.54) is 0 Å². The third kappa shape index (κ3) is 2.89. The van der Waals surface area contributed by atoms with Crippen molar-refractivity contribution in [1.29, 1.82) is 0 Å². The number of nitrogens with zero attached hydrogens (tertiary/aromatic N) is 1. The van der Waals surface area contributed by atoms with Crippen molar-refractivity contribution in [2.24, 2.45) is 0 Å². The summed E-state index contributed by atoms with van der Waals surface area (Å²) in [6.45, 7) is 2.73. The lowest BCUT2D eigenvalue weighted by atomic mass is 10.1. The highest BCUT2D eigenvalue weighted by Gasteiger charge is 2.10. The SMILES string of the molecule is CCNc1nc(-c2ccc(Cl)cc2)c(Cl)cc1Cl. The van der Waals surface area contributed by atoms with E-state index < -0.39 is 0 Å². The van der Waals surface area contributed by atoms with Gasteiger partial charge in [-0.2, -0.15) is 0 Å². The number of anilines is 1. The minimum absolute atomic E-state index is 0.513. The maximum atomic E-state index is 6.17. The molecule has 1 aromatic heterocycles. The van der Waals surface area contributed by atoms with Gasteiger partial charge in [0, 0.05) is 17.1 Å². The minimum Gasteiger partial charge on any atom is -0.369 e. The Balaban J connectivity index is 2.49. The molecule has 0 amide bonds. The molecule has 0 saturated heterocycles. The summed E-state index contributed by atoms with van der Waals surface area (Å²) in [7, 11) is 0. The number of benzene rings is 1. The van der Waals surface area contributed by atoms with E-state index in [1.807, 2.05) is 19.1 Å². The molecule has 0 aliphatic rings. The van der Waals surface area contributed by atoms with Crippen molar-refractivity contribution >= 4 is 40.6 Å². The maximum Gasteiger partial charge on any atom is 0.145 e. The number of hydrogen-bond donors (Lipinski definition) is 1. The Labute approximate surface area is 121 Å². The molecule has 18 heavy (non-hydrogen) atoms. The zero-order valence-corrected chi connectivity index (χ0v) is 11.9. The summed E-state index contributed by atoms with van der Waals surface area (Å²) in [6.07, 6.45) is 0. The Kier molecular flexibility index (Phi) is 4.33. The largest absolute Gasteiger partial charge is 0.369 e. The molecule has 94 valence electrons. The summed E-state index contributed by atoms with van der Waals surface area (Å²) in [5.41, 5.74) is 1.59. The first kappa shape index (κ1) is 13.5. The quantitative estimate of drug-likeness (QED) is 0.849. The van der Waals surface area contributed by atoms with Crippen molar-refractivity contribution < 1.29 is 0 Å². The Morgan fingerprint density at radius 3 is 2.33 bits per heavy atom. The predicted octanol–water partition coefficient (Wildman–Crippen LogP) is 5.14. The van der Waals surface area contributed by atoms with Crippen LogP contribution in [0.25, 0.3) is 11.3 Å². The van der Waals surface area contributed by atoms with Crippen LogP contribution in [0.3, 0.4) is 0 Å². The Morgan fingerprint density at radius 1 is 1.06 bits per heavy atom. The number of aromatic nitrogens is 1. The zero-order chi connectivity index (χ0) is 13.1. The third-order valence-electron chi connectivity index (χ3n) is 2.39. The van der Waals surface area contributed by atoms with Crippen LogP contribution in [0.15, 0.2) is 30.3 Å². The third-order valence-corrected chi connectivity index (χ3v) is 3.22. The van der Waals surface area contributed by atoms with Crippen LogP contribution in [0.1, 0.15) is 6.92 Å². The van der Waals surface area contributed by atoms with E-state index in [4.69, 9.17) is 34.8 Å². The predicted molar refractivity (Wildman–Crippen MR) is 78.9 cm³/mol. The van der Waals surface area contributed by atoms with Crippen molar-refractivity contribution in [1.82, 2.24) is 4.98 Å². The lowest BCUT2D eigenvalue weighted by molar-refractivity contribution is 1.16. The van der Waals surface area contributed by atoms with E-state index in [1.54, 1.807) is 18.2 Å². The molecule has 0 aliphatic heterocycles. The lowest BCUT2D eigenvalue weighted by Gasteiger charge is -2.10. The number of nitrogens with one attached hydrogen (secondary N) is 1. The molecule has 0 fully saturated rings. The summed E-state index contributed by atoms with van der Waals surface area (Å²) < 4.78 is 0. The summed E-state index contributed by atoms with van der Waals surface area (Å²) in [5.74, 6) is 0.633. The highest BCUT2D eigenvalue weighted by molar-refractivity contribution is 6.37. The van der Waals surface area contributed by atoms with Crippen LogP contribution in [0.5, 0.6) is 0 Å². The van der Waals surface area contributed by atoms with Crippen LogP contribution < -0.4 is 5.32 Å². The van der Waals surface area contributed by atoms with E-state index in [0.29, 0.717) is 26.6 Å². The fourth-order valence-corrected chi connectivity index (χ4v) is 2.23. The fourth-order valence-electron chi connectivity index (χ4n) is 1.57. The average molecular weight is 302 g/mol. The molecule has 2 aromatic rings. The summed E-state index contributed by atoms with van der Waals surface area (Å²) in [4.78, 5) is 4.44. The first-order chi connectivity index (χ1) is 8.61. The lowest BCUT2D eigenvalue weighted by Crippen LogP contribution is -2.01. The maximum absolute atomic E-state index is 6.17. The van der Waals surface area contributed by atoms with Gasteiger partial charge in [0.15, 0.2) is 0 Å². The van der Waals surface area contributed by atoms with Crippen molar-refractivity contribution in [2.45, 2.75) is 6.92 Å². The van der Waals surface area contributed by atoms with Crippen LogP contribution >= 0.6 is 34.8 Å². The van der Waals surface area contributed by atoms with Gasteiger partial charge in [0.05, 0.1) is 15.7 Å². The summed E-state index contributed by atoms with van der Waals surface area (Å²) >= 11 is 18.1. The van der Waals surface area contributed by atoms with Gasteiger partial charge in [-0.1, -0.05) is 46.9 Å². The first-order valence-corrected chi connectivity index (χ1v) is 6.61. The van der Waals surface area contributed by atoms with E-state index in [0.717, 1.165) is 12.1 Å². The van der Waals surface area contributed by atoms with Crippen LogP contribution in [0, 0.1) is 0 Å². The molecule has 1 N–H and O–H groups in total. The second-order valence-electron chi connectivity index (χ2n) is 3.69. The molecule has 0 aliphatic carbocycles. The normalized spacial score (nSPS) is 10.4. The van der Waals surface area contributed by atoms with Gasteiger partial charge in [-0.3, -0.25) is 0 Å². The van der Waals surface area contributed by atoms with Gasteiger partial charge < -0.3 is 5.32 Å². The second-order valence-corrected chi connectivity index (χ2v) is 4.94. The topological polar surface area (TPSA) is 24.9 Å². The molecule has 1 aromatic carbocycles. The van der Waals surface area contributed by atoms with E-state index in [2.05, 4.69) is 10.3 Å². The van der Waals surface area contributed by atoms with E-state index in [-0.39, 0.29) is 0 Å². The Bertz CT molecular complexity index is 553. The second kappa shape index (κ2) is 5.79. The Hall–Kier alpha value is -0.960. The highest BCUT2D eigenvalue weighted by atomic mass is 35.5. The molecule has 0 radical (unpaired) electrons. The van der Waals surface area contributed by atoms with Crippen LogP contribution in [-0.2, 0) is 0 Å². The minimum atomic E-state index is 0.513. The molecule has 0 unspecified atom stereocenters. The summed E-state index contributed by atoms with van der Waals surface area (Å²) in [5, 5.41) is 4.80. The highest BCUT2D eigenvalue weighted by Crippen LogP contribution is 2.32. The zero-order valence-electron chi connectivity index (χ0n) is 9.67. The smallest absolute Gasteiger partial charge is 0.145 e. The number of pyridine rings is 1. The van der Waals surface area contributed by atoms with Gasteiger partial charge in [-0.25, -0.2) is 4.98 Å². The monoisotopic (exact) mass is 300 g/mol. The molecular weight excluding hydrogens is 291 g/mol. The standard InChI is InChI=1S/C13H11Cl3N2/c1-2-17-13-11(16)7-10(15)12(18-13)8-3-5-9(14)6-4-8/h3-7H,2H2,1H3,(H,17,18). The molecule has 5 heteroatoms. The molecule has 0 saturated carbocycles. The van der Waals surface area contributed by atoms with Crippen LogP contribution in [-0.4, -0.2) is 11.5 Å². The molecule has 1 heterocycles. The summed E-state index contributed by atoms with van der Waals surface area (Å²) in [6, 6.07) is 9.05. The molecule has 2 rings (SSSR count). The van der Waals surface area contributed by atoms with Crippen molar-refractivity contribution in [2.75, 3.05) is 11.9 Å². The van der Waals surface area contributed by atoms with Crippen molar-refractivity contribution in [3.8, 4) is 11.3 Å².